The standard InChI is InChI=1S/C11H12N2/c1-8-5-11-9(6-12)3-2-4-10(11)7-13-8/h2-4,8,13H,5,7H2,1H3/t8-/m1/s1. The normalized spacial score (nSPS) is 20.5. The molecule has 1 aromatic rings. The minimum atomic E-state index is 0.488. The van der Waals surface area contributed by atoms with Crippen LogP contribution in [0.25, 0.3) is 0 Å². The first-order valence-corrected chi connectivity index (χ1v) is 4.55. The summed E-state index contributed by atoms with van der Waals surface area (Å²) >= 11 is 0. The van der Waals surface area contributed by atoms with Gasteiger partial charge >= 0.3 is 0 Å². The molecule has 13 heavy (non-hydrogen) atoms. The Morgan fingerprint density at radius 1 is 1.54 bits per heavy atom. The van der Waals surface area contributed by atoms with Crippen molar-refractivity contribution in [1.29, 1.82) is 5.26 Å². The summed E-state index contributed by atoms with van der Waals surface area (Å²) in [6.45, 7) is 3.04. The van der Waals surface area contributed by atoms with E-state index in [0.29, 0.717) is 6.04 Å². The molecule has 0 unspecified atom stereocenters. The summed E-state index contributed by atoms with van der Waals surface area (Å²) in [5, 5.41) is 12.3. The molecule has 1 aromatic carbocycles. The van der Waals surface area contributed by atoms with Crippen LogP contribution >= 0.6 is 0 Å². The van der Waals surface area contributed by atoms with Gasteiger partial charge in [0.2, 0.25) is 0 Å². The van der Waals surface area contributed by atoms with Crippen molar-refractivity contribution in [2.24, 2.45) is 0 Å². The lowest BCUT2D eigenvalue weighted by Crippen LogP contribution is -2.33. The van der Waals surface area contributed by atoms with Gasteiger partial charge < -0.3 is 5.32 Å². The van der Waals surface area contributed by atoms with Gasteiger partial charge in [-0.3, -0.25) is 0 Å². The van der Waals surface area contributed by atoms with Crippen LogP contribution in [0.2, 0.25) is 0 Å². The Bertz CT molecular complexity index is 363. The molecule has 1 heterocycles. The molecule has 1 aliphatic heterocycles. The van der Waals surface area contributed by atoms with Crippen molar-refractivity contribution in [1.82, 2.24) is 5.32 Å². The molecule has 0 spiro atoms. The van der Waals surface area contributed by atoms with E-state index in [9.17, 15) is 0 Å². The highest BCUT2D eigenvalue weighted by Crippen LogP contribution is 2.19. The third-order valence-electron chi connectivity index (χ3n) is 2.54. The molecule has 1 atom stereocenters. The molecule has 0 fully saturated rings. The zero-order valence-electron chi connectivity index (χ0n) is 7.67. The number of benzene rings is 1. The summed E-state index contributed by atoms with van der Waals surface area (Å²) in [5.74, 6) is 0. The minimum absolute atomic E-state index is 0.488. The van der Waals surface area contributed by atoms with Crippen LogP contribution in [0.5, 0.6) is 0 Å². The van der Waals surface area contributed by atoms with Gasteiger partial charge in [-0.05, 0) is 30.5 Å². The molecule has 0 amide bonds. The summed E-state index contributed by atoms with van der Waals surface area (Å²) in [6.07, 6.45) is 0.971. The average Bonchev–Trinajstić information content (AvgIpc) is 2.17. The number of nitrogens with one attached hydrogen (secondary N) is 1. The fourth-order valence-corrected chi connectivity index (χ4v) is 1.81. The zero-order valence-corrected chi connectivity index (χ0v) is 7.67. The fourth-order valence-electron chi connectivity index (χ4n) is 1.81. The van der Waals surface area contributed by atoms with E-state index in [-0.39, 0.29) is 0 Å². The van der Waals surface area contributed by atoms with Crippen LogP contribution in [0, 0.1) is 11.3 Å². The van der Waals surface area contributed by atoms with E-state index in [1.807, 2.05) is 12.1 Å². The van der Waals surface area contributed by atoms with Crippen molar-refractivity contribution in [3.63, 3.8) is 0 Å². The second-order valence-corrected chi connectivity index (χ2v) is 3.54. The second kappa shape index (κ2) is 3.20. The molecular weight excluding hydrogens is 160 g/mol. The maximum Gasteiger partial charge on any atom is 0.0994 e. The first-order chi connectivity index (χ1) is 6.31. The molecule has 0 bridgehead atoms. The second-order valence-electron chi connectivity index (χ2n) is 3.54. The molecule has 0 saturated heterocycles. The van der Waals surface area contributed by atoms with Gasteiger partial charge in [0.1, 0.15) is 0 Å². The monoisotopic (exact) mass is 172 g/mol. The fraction of sp³-hybridized carbons (Fsp3) is 0.364. The number of hydrogen-bond donors (Lipinski definition) is 1. The lowest BCUT2D eigenvalue weighted by molar-refractivity contribution is 0.513. The van der Waals surface area contributed by atoms with E-state index < -0.39 is 0 Å². The number of nitrogens with zero attached hydrogens (tertiary/aromatic N) is 1. The maximum absolute atomic E-state index is 8.91. The predicted octanol–water partition coefficient (Wildman–Crippen LogP) is 1.59. The van der Waals surface area contributed by atoms with Crippen LogP contribution in [-0.2, 0) is 13.0 Å². The molecule has 2 heteroatoms. The van der Waals surface area contributed by atoms with Gasteiger partial charge in [-0.2, -0.15) is 5.26 Å². The third kappa shape index (κ3) is 1.43. The van der Waals surface area contributed by atoms with Crippen molar-refractivity contribution in [3.05, 3.63) is 34.9 Å². The van der Waals surface area contributed by atoms with Crippen LogP contribution in [0.1, 0.15) is 23.6 Å². The van der Waals surface area contributed by atoms with Crippen molar-refractivity contribution < 1.29 is 0 Å². The van der Waals surface area contributed by atoms with Crippen LogP contribution in [0.15, 0.2) is 18.2 Å². The van der Waals surface area contributed by atoms with Gasteiger partial charge in [0, 0.05) is 12.6 Å². The number of nitriles is 1. The topological polar surface area (TPSA) is 35.8 Å². The highest BCUT2D eigenvalue weighted by Gasteiger charge is 2.16. The number of hydrogen-bond acceptors (Lipinski definition) is 2. The van der Waals surface area contributed by atoms with Gasteiger partial charge in [-0.1, -0.05) is 12.1 Å². The van der Waals surface area contributed by atoms with Crippen molar-refractivity contribution in [3.8, 4) is 6.07 Å². The Balaban J connectivity index is 2.48. The van der Waals surface area contributed by atoms with Crippen molar-refractivity contribution in [2.45, 2.75) is 25.9 Å². The lowest BCUT2D eigenvalue weighted by atomic mass is 9.93. The molecule has 2 nitrogen and oxygen atoms in total. The van der Waals surface area contributed by atoms with Gasteiger partial charge in [0.05, 0.1) is 11.6 Å². The molecule has 66 valence electrons. The summed E-state index contributed by atoms with van der Waals surface area (Å²) < 4.78 is 0. The molecule has 0 aromatic heterocycles. The molecular formula is C11H12N2. The van der Waals surface area contributed by atoms with E-state index in [1.165, 1.54) is 11.1 Å². The first-order valence-electron chi connectivity index (χ1n) is 4.55. The van der Waals surface area contributed by atoms with Crippen LogP contribution in [0.4, 0.5) is 0 Å². The van der Waals surface area contributed by atoms with E-state index in [4.69, 9.17) is 5.26 Å². The Hall–Kier alpha value is -1.33. The minimum Gasteiger partial charge on any atom is -0.310 e. The SMILES string of the molecule is C[C@@H]1Cc2c(C#N)cccc2CN1. The maximum atomic E-state index is 8.91. The lowest BCUT2D eigenvalue weighted by Gasteiger charge is -2.23. The van der Waals surface area contributed by atoms with Gasteiger partial charge in [0.15, 0.2) is 0 Å². The van der Waals surface area contributed by atoms with Gasteiger partial charge in [-0.25, -0.2) is 0 Å². The average molecular weight is 172 g/mol. The highest BCUT2D eigenvalue weighted by atomic mass is 14.9. The molecule has 1 aliphatic rings. The van der Waals surface area contributed by atoms with Crippen LogP contribution in [0.3, 0.4) is 0 Å². The van der Waals surface area contributed by atoms with E-state index in [0.717, 1.165) is 18.5 Å². The Morgan fingerprint density at radius 3 is 3.15 bits per heavy atom. The molecule has 2 rings (SSSR count). The number of fused-ring (bicyclic) bond motifs is 1. The highest BCUT2D eigenvalue weighted by molar-refractivity contribution is 5.44. The van der Waals surface area contributed by atoms with Gasteiger partial charge in [0.25, 0.3) is 0 Å². The third-order valence-corrected chi connectivity index (χ3v) is 2.54. The van der Waals surface area contributed by atoms with E-state index in [2.05, 4.69) is 24.4 Å². The summed E-state index contributed by atoms with van der Waals surface area (Å²) in [7, 11) is 0. The first kappa shape index (κ1) is 8.28. The Kier molecular flexibility index (Phi) is 2.03. The van der Waals surface area contributed by atoms with Gasteiger partial charge in [-0.15, -0.1) is 0 Å². The molecule has 0 saturated carbocycles. The molecule has 1 N–H and O–H groups in total. The van der Waals surface area contributed by atoms with E-state index >= 15 is 0 Å². The number of rotatable bonds is 0. The van der Waals surface area contributed by atoms with Crippen LogP contribution in [-0.4, -0.2) is 6.04 Å². The largest absolute Gasteiger partial charge is 0.310 e. The Morgan fingerprint density at radius 2 is 2.38 bits per heavy atom. The summed E-state index contributed by atoms with van der Waals surface area (Å²) in [5.41, 5.74) is 3.35. The molecule has 0 aliphatic carbocycles. The zero-order chi connectivity index (χ0) is 9.26. The summed E-state index contributed by atoms with van der Waals surface area (Å²) in [6, 6.07) is 8.68. The smallest absolute Gasteiger partial charge is 0.0994 e. The molecule has 0 radical (unpaired) electrons. The van der Waals surface area contributed by atoms with E-state index in [1.54, 1.807) is 0 Å². The van der Waals surface area contributed by atoms with Crippen molar-refractivity contribution >= 4 is 0 Å². The summed E-state index contributed by atoms with van der Waals surface area (Å²) in [4.78, 5) is 0. The quantitative estimate of drug-likeness (QED) is 0.645. The van der Waals surface area contributed by atoms with Crippen molar-refractivity contribution in [2.75, 3.05) is 0 Å². The Labute approximate surface area is 78.2 Å². The predicted molar refractivity (Wildman–Crippen MR) is 51.2 cm³/mol. The van der Waals surface area contributed by atoms with Crippen LogP contribution < -0.4 is 5.32 Å².